The van der Waals surface area contributed by atoms with Crippen molar-refractivity contribution < 1.29 is 0 Å². The van der Waals surface area contributed by atoms with Crippen LogP contribution in [0.15, 0.2) is 18.5 Å². The van der Waals surface area contributed by atoms with Crippen molar-refractivity contribution in [2.75, 3.05) is 0 Å². The van der Waals surface area contributed by atoms with Gasteiger partial charge in [0.2, 0.25) is 0 Å². The number of aryl methyl sites for hydroxylation is 1. The van der Waals surface area contributed by atoms with Gasteiger partial charge in [-0.25, -0.2) is 4.98 Å². The fourth-order valence-corrected chi connectivity index (χ4v) is 1.50. The van der Waals surface area contributed by atoms with Crippen LogP contribution in [0.25, 0.3) is 10.9 Å². The Morgan fingerprint density at radius 2 is 2.08 bits per heavy atom. The van der Waals surface area contributed by atoms with E-state index in [4.69, 9.17) is 11.6 Å². The Morgan fingerprint density at radius 1 is 1.38 bits per heavy atom. The van der Waals surface area contributed by atoms with Crippen LogP contribution >= 0.6 is 11.6 Å². The molecule has 0 saturated carbocycles. The number of fused-ring (bicyclic) bond motifs is 1. The average molecular weight is 197 g/mol. The van der Waals surface area contributed by atoms with E-state index in [1.54, 1.807) is 6.20 Å². The number of hydrogen-bond acceptors (Lipinski definition) is 1. The minimum Gasteiger partial charge on any atom is -0.361 e. The van der Waals surface area contributed by atoms with Crippen LogP contribution in [0.3, 0.4) is 0 Å². The summed E-state index contributed by atoms with van der Waals surface area (Å²) in [6.45, 7) is 6.01. The van der Waals surface area contributed by atoms with Crippen molar-refractivity contribution in [3.63, 3.8) is 0 Å². The largest absolute Gasteiger partial charge is 0.361 e. The number of H-pyrrole nitrogens is 1. The minimum atomic E-state index is 0.571. The SMILES string of the molecule is CC.Cc1c[nH]c2ccnc(Cl)c12. The summed E-state index contributed by atoms with van der Waals surface area (Å²) in [5.41, 5.74) is 2.18. The molecule has 0 bridgehead atoms. The van der Waals surface area contributed by atoms with Crippen molar-refractivity contribution in [1.29, 1.82) is 0 Å². The number of halogens is 1. The number of nitrogens with one attached hydrogen (secondary N) is 1. The molecule has 2 aromatic heterocycles. The summed E-state index contributed by atoms with van der Waals surface area (Å²) in [6.07, 6.45) is 3.62. The van der Waals surface area contributed by atoms with Gasteiger partial charge in [-0.05, 0) is 18.6 Å². The summed E-state index contributed by atoms with van der Waals surface area (Å²) in [7, 11) is 0. The molecule has 0 spiro atoms. The van der Waals surface area contributed by atoms with Crippen molar-refractivity contribution in [2.45, 2.75) is 20.8 Å². The molecular formula is C10H13ClN2. The van der Waals surface area contributed by atoms with Crippen molar-refractivity contribution in [3.05, 3.63) is 29.2 Å². The van der Waals surface area contributed by atoms with E-state index in [0.29, 0.717) is 5.15 Å². The third-order valence-corrected chi connectivity index (χ3v) is 2.03. The quantitative estimate of drug-likeness (QED) is 0.642. The third-order valence-electron chi connectivity index (χ3n) is 1.74. The summed E-state index contributed by atoms with van der Waals surface area (Å²) < 4.78 is 0. The first-order valence-electron chi connectivity index (χ1n) is 4.37. The summed E-state index contributed by atoms with van der Waals surface area (Å²) in [6, 6.07) is 1.91. The molecule has 3 heteroatoms. The monoisotopic (exact) mass is 196 g/mol. The highest BCUT2D eigenvalue weighted by atomic mass is 35.5. The predicted molar refractivity (Wildman–Crippen MR) is 57.2 cm³/mol. The fourth-order valence-electron chi connectivity index (χ4n) is 1.19. The van der Waals surface area contributed by atoms with Gasteiger partial charge in [0.1, 0.15) is 5.15 Å². The second-order valence-electron chi connectivity index (χ2n) is 2.50. The molecule has 0 aromatic carbocycles. The first kappa shape index (κ1) is 10.1. The molecule has 0 radical (unpaired) electrons. The summed E-state index contributed by atoms with van der Waals surface area (Å²) in [4.78, 5) is 7.09. The molecule has 1 N–H and O–H groups in total. The zero-order valence-corrected chi connectivity index (χ0v) is 8.81. The zero-order chi connectivity index (χ0) is 9.84. The lowest BCUT2D eigenvalue weighted by Gasteiger charge is -1.92. The molecule has 0 aliphatic rings. The Balaban J connectivity index is 0.000000396. The van der Waals surface area contributed by atoms with E-state index in [0.717, 1.165) is 16.5 Å². The third kappa shape index (κ3) is 1.83. The molecule has 0 fully saturated rings. The second kappa shape index (κ2) is 4.28. The van der Waals surface area contributed by atoms with Gasteiger partial charge >= 0.3 is 0 Å². The number of nitrogens with zero attached hydrogens (tertiary/aromatic N) is 1. The van der Waals surface area contributed by atoms with Gasteiger partial charge in [0.15, 0.2) is 0 Å². The molecule has 0 aliphatic heterocycles. The Bertz CT molecular complexity index is 393. The van der Waals surface area contributed by atoms with E-state index in [1.165, 1.54) is 0 Å². The number of hydrogen-bond donors (Lipinski definition) is 1. The fraction of sp³-hybridized carbons (Fsp3) is 0.300. The average Bonchev–Trinajstić information content (AvgIpc) is 2.53. The summed E-state index contributed by atoms with van der Waals surface area (Å²) >= 11 is 5.87. The van der Waals surface area contributed by atoms with Gasteiger partial charge < -0.3 is 4.98 Å². The van der Waals surface area contributed by atoms with E-state index in [9.17, 15) is 0 Å². The van der Waals surface area contributed by atoms with Gasteiger partial charge in [-0.1, -0.05) is 25.4 Å². The molecule has 0 aliphatic carbocycles. The van der Waals surface area contributed by atoms with Crippen LogP contribution in [0.4, 0.5) is 0 Å². The molecule has 2 heterocycles. The lowest BCUT2D eigenvalue weighted by molar-refractivity contribution is 1.35. The van der Waals surface area contributed by atoms with Crippen molar-refractivity contribution in [3.8, 4) is 0 Å². The lowest BCUT2D eigenvalue weighted by atomic mass is 10.2. The normalized spacial score (nSPS) is 9.54. The second-order valence-corrected chi connectivity index (χ2v) is 2.85. The topological polar surface area (TPSA) is 28.7 Å². The van der Waals surface area contributed by atoms with Crippen LogP contribution in [-0.2, 0) is 0 Å². The van der Waals surface area contributed by atoms with Gasteiger partial charge in [-0.15, -0.1) is 0 Å². The first-order valence-corrected chi connectivity index (χ1v) is 4.75. The molecule has 0 atom stereocenters. The van der Waals surface area contributed by atoms with Crippen molar-refractivity contribution >= 4 is 22.5 Å². The molecule has 70 valence electrons. The van der Waals surface area contributed by atoms with E-state index in [1.807, 2.05) is 33.0 Å². The van der Waals surface area contributed by atoms with Crippen LogP contribution in [0.5, 0.6) is 0 Å². The highest BCUT2D eigenvalue weighted by Crippen LogP contribution is 2.23. The lowest BCUT2D eigenvalue weighted by Crippen LogP contribution is -1.75. The maximum Gasteiger partial charge on any atom is 0.138 e. The molecule has 2 aromatic rings. The Hall–Kier alpha value is -1.02. The van der Waals surface area contributed by atoms with E-state index < -0.39 is 0 Å². The predicted octanol–water partition coefficient (Wildman–Crippen LogP) is 3.55. The van der Waals surface area contributed by atoms with Crippen LogP contribution in [0.2, 0.25) is 5.15 Å². The molecule has 0 amide bonds. The molecule has 2 nitrogen and oxygen atoms in total. The standard InChI is InChI=1S/C8H7ClN2.C2H6/c1-5-4-11-6-2-3-10-8(9)7(5)6;1-2/h2-4,11H,1H3;1-2H3. The first-order chi connectivity index (χ1) is 6.29. The van der Waals surface area contributed by atoms with Crippen LogP contribution in [0, 0.1) is 6.92 Å². The summed E-state index contributed by atoms with van der Waals surface area (Å²) in [5, 5.41) is 1.59. The highest BCUT2D eigenvalue weighted by molar-refractivity contribution is 6.34. The number of aromatic nitrogens is 2. The van der Waals surface area contributed by atoms with E-state index in [-0.39, 0.29) is 0 Å². The van der Waals surface area contributed by atoms with Crippen molar-refractivity contribution in [2.24, 2.45) is 0 Å². The molecular weight excluding hydrogens is 184 g/mol. The zero-order valence-electron chi connectivity index (χ0n) is 8.06. The molecule has 2 rings (SSSR count). The Labute approximate surface area is 82.9 Å². The Kier molecular flexibility index (Phi) is 3.32. The van der Waals surface area contributed by atoms with Gasteiger partial charge in [0.05, 0.1) is 5.52 Å². The van der Waals surface area contributed by atoms with Gasteiger partial charge in [0, 0.05) is 17.8 Å². The molecule has 0 saturated heterocycles. The molecule has 13 heavy (non-hydrogen) atoms. The number of aromatic amines is 1. The van der Waals surface area contributed by atoms with E-state index >= 15 is 0 Å². The van der Waals surface area contributed by atoms with Crippen molar-refractivity contribution in [1.82, 2.24) is 9.97 Å². The minimum absolute atomic E-state index is 0.571. The summed E-state index contributed by atoms with van der Waals surface area (Å²) in [5.74, 6) is 0. The van der Waals surface area contributed by atoms with Gasteiger partial charge in [-0.2, -0.15) is 0 Å². The Morgan fingerprint density at radius 3 is 2.69 bits per heavy atom. The number of rotatable bonds is 0. The smallest absolute Gasteiger partial charge is 0.138 e. The van der Waals surface area contributed by atoms with Gasteiger partial charge in [0.25, 0.3) is 0 Å². The van der Waals surface area contributed by atoms with Gasteiger partial charge in [-0.3, -0.25) is 0 Å². The van der Waals surface area contributed by atoms with Crippen LogP contribution in [-0.4, -0.2) is 9.97 Å². The maximum atomic E-state index is 5.87. The maximum absolute atomic E-state index is 5.87. The van der Waals surface area contributed by atoms with Crippen LogP contribution < -0.4 is 0 Å². The van der Waals surface area contributed by atoms with Crippen LogP contribution in [0.1, 0.15) is 19.4 Å². The molecule has 0 unspecified atom stereocenters. The number of pyridine rings is 1. The highest BCUT2D eigenvalue weighted by Gasteiger charge is 2.02. The van der Waals surface area contributed by atoms with E-state index in [2.05, 4.69) is 9.97 Å².